The van der Waals surface area contributed by atoms with Gasteiger partial charge in [-0.15, -0.1) is 0 Å². The molecule has 2 aliphatic heterocycles. The van der Waals surface area contributed by atoms with Crippen LogP contribution in [0, 0.1) is 5.41 Å². The van der Waals surface area contributed by atoms with E-state index in [1.165, 1.54) is 6.42 Å². The van der Waals surface area contributed by atoms with Crippen molar-refractivity contribution in [2.24, 2.45) is 0 Å². The molecular weight excluding hydrogens is 329 g/mol. The summed E-state index contributed by atoms with van der Waals surface area (Å²) < 4.78 is 5.98. The Kier molecular flexibility index (Phi) is 5.41. The van der Waals surface area contributed by atoms with E-state index in [-0.39, 0.29) is 63.2 Å². The summed E-state index contributed by atoms with van der Waals surface area (Å²) in [4.78, 5) is 2.27. The largest absolute Gasteiger partial charge is 1.00 e. The Bertz CT molecular complexity index is 682. The van der Waals surface area contributed by atoms with Gasteiger partial charge < -0.3 is 26.2 Å². The van der Waals surface area contributed by atoms with Crippen molar-refractivity contribution < 1.29 is 56.1 Å². The fraction of sp³-hybridized carbons (Fsp3) is 0.471. The van der Waals surface area contributed by atoms with Crippen molar-refractivity contribution in [1.29, 1.82) is 5.41 Å². The van der Waals surface area contributed by atoms with E-state index in [1.54, 1.807) is 0 Å². The molecule has 4 N–H and O–H groups in total. The summed E-state index contributed by atoms with van der Waals surface area (Å²) in [5.74, 6) is 0.772. The fourth-order valence-electron chi connectivity index (χ4n) is 2.81. The molecule has 0 amide bonds. The summed E-state index contributed by atoms with van der Waals surface area (Å²) in [5.41, 5.74) is 15.7. The van der Waals surface area contributed by atoms with E-state index in [2.05, 4.69) is 22.7 Å². The number of likely N-dealkylation sites (tertiary alicyclic amines) is 1. The average Bonchev–Trinajstić information content (AvgIpc) is 3.00. The molecule has 1 saturated heterocycles. The van der Waals surface area contributed by atoms with Crippen molar-refractivity contribution in [2.45, 2.75) is 38.0 Å². The third kappa shape index (κ3) is 3.72. The van der Waals surface area contributed by atoms with Gasteiger partial charge in [-0.3, -0.25) is 5.41 Å². The maximum Gasteiger partial charge on any atom is 1.00 e. The molecule has 1 saturated carbocycles. The van der Waals surface area contributed by atoms with Crippen molar-refractivity contribution in [3.63, 3.8) is 0 Å². The fourth-order valence-corrected chi connectivity index (χ4v) is 2.81. The van der Waals surface area contributed by atoms with Crippen LogP contribution < -0.4 is 67.3 Å². The molecule has 1 atom stereocenters. The summed E-state index contributed by atoms with van der Waals surface area (Å²) in [6, 6.07) is 5.55. The van der Waals surface area contributed by atoms with E-state index in [0.717, 1.165) is 31.7 Å². The van der Waals surface area contributed by atoms with Gasteiger partial charge in [0.2, 0.25) is 0 Å². The van der Waals surface area contributed by atoms with Crippen LogP contribution in [0.3, 0.4) is 0 Å². The molecule has 2 heterocycles. The third-order valence-electron chi connectivity index (χ3n) is 4.78. The van der Waals surface area contributed by atoms with Crippen molar-refractivity contribution in [1.82, 2.24) is 10.3 Å². The maximum atomic E-state index is 8.47. The Hall–Kier alpha value is -0.414. The molecule has 1 unspecified atom stereocenters. The molecule has 24 heavy (non-hydrogen) atoms. The van der Waals surface area contributed by atoms with Gasteiger partial charge >= 0.3 is 51.4 Å². The second-order valence-electron chi connectivity index (χ2n) is 6.80. The number of anilines is 1. The van der Waals surface area contributed by atoms with E-state index in [9.17, 15) is 0 Å². The molecule has 2 fully saturated rings. The first-order chi connectivity index (χ1) is 11.0. The first-order valence-electron chi connectivity index (χ1n) is 8.14. The van der Waals surface area contributed by atoms with Crippen LogP contribution in [0.25, 0.3) is 5.43 Å². The number of nitrogens with one attached hydrogen (secondary N) is 2. The van der Waals surface area contributed by atoms with Crippen molar-refractivity contribution in [3.8, 4) is 5.75 Å². The van der Waals surface area contributed by atoms with Crippen molar-refractivity contribution in [2.75, 3.05) is 18.8 Å². The zero-order valence-corrected chi connectivity index (χ0v) is 17.4. The van der Waals surface area contributed by atoms with Gasteiger partial charge in [-0.05, 0) is 63.6 Å². The normalized spacial score (nSPS) is 24.2. The van der Waals surface area contributed by atoms with Crippen molar-refractivity contribution >= 4 is 11.4 Å². The number of ether oxygens (including phenoxy) is 1. The van der Waals surface area contributed by atoms with Crippen LogP contribution in [0.5, 0.6) is 5.75 Å². The minimum Gasteiger partial charge on any atom is -0.552 e. The number of rotatable bonds is 5. The Labute approximate surface area is 185 Å². The predicted octanol–water partition coefficient (Wildman–Crippen LogP) is -0.620. The SMILES string of the molecule is CC1(Oc2ccc(N)c(C(=N)C3=CC(N4CCC4)[N-]N3)c2)CC1.[K+]. The second kappa shape index (κ2) is 7.07. The number of nitrogen functional groups attached to an aromatic ring is 1. The number of benzene rings is 1. The predicted molar refractivity (Wildman–Crippen MR) is 90.5 cm³/mol. The molecule has 6 nitrogen and oxygen atoms in total. The van der Waals surface area contributed by atoms with E-state index >= 15 is 0 Å². The zero-order valence-electron chi connectivity index (χ0n) is 14.3. The number of allylic oxidation sites excluding steroid dienone is 1. The monoisotopic (exact) mass is 351 g/mol. The third-order valence-corrected chi connectivity index (χ3v) is 4.78. The molecule has 4 rings (SSSR count). The van der Waals surface area contributed by atoms with Gasteiger partial charge in [0, 0.05) is 16.9 Å². The Morgan fingerprint density at radius 3 is 2.79 bits per heavy atom. The summed E-state index contributed by atoms with van der Waals surface area (Å²) >= 11 is 0. The smallest absolute Gasteiger partial charge is 0.552 e. The van der Waals surface area contributed by atoms with Gasteiger partial charge in [-0.2, -0.15) is 0 Å². The molecule has 0 radical (unpaired) electrons. The van der Waals surface area contributed by atoms with Crippen LogP contribution in [-0.4, -0.2) is 35.5 Å². The summed E-state index contributed by atoms with van der Waals surface area (Å²) in [6.07, 6.45) is 5.40. The zero-order chi connectivity index (χ0) is 16.0. The summed E-state index contributed by atoms with van der Waals surface area (Å²) in [5, 5.41) is 8.47. The van der Waals surface area contributed by atoms with Crippen LogP contribution in [-0.2, 0) is 0 Å². The molecule has 3 aliphatic rings. The van der Waals surface area contributed by atoms with Gasteiger partial charge in [0.05, 0.1) is 5.71 Å². The summed E-state index contributed by atoms with van der Waals surface area (Å²) in [7, 11) is 0. The standard InChI is InChI=1S/C17H22N5O.K/c1-17(5-6-17)23-11-3-4-13(18)12(9-11)16(19)14-10-15(21-20-14)22-7-2-8-22;/h3-4,9-10,15,19-20H,2,5-8,18H2,1H3;/q-1;+1. The first-order valence-corrected chi connectivity index (χ1v) is 8.14. The minimum absolute atomic E-state index is 0. The Morgan fingerprint density at radius 1 is 1.42 bits per heavy atom. The van der Waals surface area contributed by atoms with E-state index in [1.807, 2.05) is 24.3 Å². The molecule has 1 aromatic carbocycles. The molecule has 122 valence electrons. The number of nitrogens with two attached hydrogens (primary N) is 1. The topological polar surface area (TPSA) is 88.5 Å². The number of nitrogens with zero attached hydrogens (tertiary/aromatic N) is 2. The van der Waals surface area contributed by atoms with Crippen LogP contribution in [0.4, 0.5) is 5.69 Å². The van der Waals surface area contributed by atoms with E-state index in [4.69, 9.17) is 15.9 Å². The van der Waals surface area contributed by atoms with Crippen molar-refractivity contribution in [3.05, 3.63) is 41.0 Å². The molecular formula is C17H22KN5O. The Morgan fingerprint density at radius 2 is 2.17 bits per heavy atom. The van der Waals surface area contributed by atoms with E-state index in [0.29, 0.717) is 22.7 Å². The minimum atomic E-state index is -0.0433. The van der Waals surface area contributed by atoms with Gasteiger partial charge in [-0.1, -0.05) is 6.08 Å². The van der Waals surface area contributed by atoms with Gasteiger partial charge in [0.15, 0.2) is 0 Å². The molecule has 0 bridgehead atoms. The maximum absolute atomic E-state index is 8.47. The van der Waals surface area contributed by atoms with Crippen LogP contribution >= 0.6 is 0 Å². The molecule has 0 aromatic heterocycles. The van der Waals surface area contributed by atoms with Crippen LogP contribution in [0.2, 0.25) is 0 Å². The van der Waals surface area contributed by atoms with Crippen LogP contribution in [0.15, 0.2) is 30.0 Å². The van der Waals surface area contributed by atoms with Gasteiger partial charge in [0.1, 0.15) is 11.4 Å². The van der Waals surface area contributed by atoms with Gasteiger partial charge in [0.25, 0.3) is 0 Å². The second-order valence-corrected chi connectivity index (χ2v) is 6.80. The number of hydrogen-bond donors (Lipinski definition) is 3. The molecule has 1 aliphatic carbocycles. The Balaban J connectivity index is 0.00000169. The van der Waals surface area contributed by atoms with Crippen LogP contribution in [0.1, 0.15) is 31.7 Å². The summed E-state index contributed by atoms with van der Waals surface area (Å²) in [6.45, 7) is 4.24. The van der Waals surface area contributed by atoms with Gasteiger partial charge in [-0.25, -0.2) is 0 Å². The molecule has 7 heteroatoms. The molecule has 1 aromatic rings. The van der Waals surface area contributed by atoms with E-state index < -0.39 is 0 Å². The number of hydrogen-bond acceptors (Lipinski definition) is 5. The molecule has 0 spiro atoms. The first kappa shape index (κ1) is 18.4. The average molecular weight is 351 g/mol. The quantitative estimate of drug-likeness (QED) is 0.375.